The molecule has 0 aliphatic carbocycles. The van der Waals surface area contributed by atoms with E-state index >= 15 is 0 Å². The highest BCUT2D eigenvalue weighted by Crippen LogP contribution is 2.33. The van der Waals surface area contributed by atoms with E-state index in [4.69, 9.17) is 4.74 Å². The van der Waals surface area contributed by atoms with Gasteiger partial charge in [-0.1, -0.05) is 30.3 Å². The molecule has 2 aromatic rings. The molecule has 3 rings (SSSR count). The lowest BCUT2D eigenvalue weighted by molar-refractivity contribution is -0.119. The van der Waals surface area contributed by atoms with Crippen LogP contribution in [0.1, 0.15) is 24.8 Å². The van der Waals surface area contributed by atoms with Crippen molar-refractivity contribution >= 4 is 27.3 Å². The largest absolute Gasteiger partial charge is 0.495 e. The number of sulfonamides is 1. The van der Waals surface area contributed by atoms with Crippen LogP contribution in [-0.2, 0) is 21.2 Å². The number of nitrogens with one attached hydrogen (secondary N) is 1. The molecule has 144 valence electrons. The molecule has 0 spiro atoms. The van der Waals surface area contributed by atoms with E-state index in [-0.39, 0.29) is 11.7 Å². The molecule has 27 heavy (non-hydrogen) atoms. The molecule has 1 aliphatic heterocycles. The Kier molecular flexibility index (Phi) is 6.01. The summed E-state index contributed by atoms with van der Waals surface area (Å²) < 4.78 is 32.9. The summed E-state index contributed by atoms with van der Waals surface area (Å²) in [7, 11) is -1.97. The van der Waals surface area contributed by atoms with Crippen molar-refractivity contribution in [2.75, 3.05) is 29.0 Å². The van der Waals surface area contributed by atoms with Gasteiger partial charge in [0.2, 0.25) is 15.9 Å². The molecule has 1 fully saturated rings. The minimum absolute atomic E-state index is 0.0129. The van der Waals surface area contributed by atoms with Crippen molar-refractivity contribution in [3.05, 3.63) is 54.1 Å². The zero-order valence-corrected chi connectivity index (χ0v) is 16.2. The molecule has 1 amide bonds. The maximum absolute atomic E-state index is 12.5. The fourth-order valence-corrected chi connectivity index (χ4v) is 4.25. The van der Waals surface area contributed by atoms with Gasteiger partial charge in [0.05, 0.1) is 24.2 Å². The lowest BCUT2D eigenvalue weighted by atomic mass is 10.1. The Morgan fingerprint density at radius 1 is 1.11 bits per heavy atom. The standard InChI is InChI=1S/C20H24N2O4S/c1-26-19-11-10-17(15-18(19)22-13-6-5-9-20(22)23)21-27(24,25)14-12-16-7-3-2-4-8-16/h2-4,7-8,10-11,15,21H,5-6,9,12-14H2,1H3. The number of aryl methyl sites for hydroxylation is 1. The lowest BCUT2D eigenvalue weighted by Crippen LogP contribution is -2.35. The number of ether oxygens (including phenoxy) is 1. The molecular weight excluding hydrogens is 364 g/mol. The van der Waals surface area contributed by atoms with Crippen molar-refractivity contribution < 1.29 is 17.9 Å². The van der Waals surface area contributed by atoms with Gasteiger partial charge in [0.15, 0.2) is 0 Å². The number of carbonyl (C=O) groups is 1. The molecule has 0 bridgehead atoms. The Bertz CT molecular complexity index is 897. The van der Waals surface area contributed by atoms with Crippen LogP contribution < -0.4 is 14.4 Å². The summed E-state index contributed by atoms with van der Waals surface area (Å²) in [6, 6.07) is 14.5. The molecule has 7 heteroatoms. The Balaban J connectivity index is 1.76. The van der Waals surface area contributed by atoms with Crippen LogP contribution in [0.15, 0.2) is 48.5 Å². The molecular formula is C20H24N2O4S. The highest BCUT2D eigenvalue weighted by atomic mass is 32.2. The number of rotatable bonds is 7. The smallest absolute Gasteiger partial charge is 0.233 e. The summed E-state index contributed by atoms with van der Waals surface area (Å²) in [6.45, 7) is 0.611. The Hall–Kier alpha value is -2.54. The zero-order valence-electron chi connectivity index (χ0n) is 15.3. The summed E-state index contributed by atoms with van der Waals surface area (Å²) in [5.41, 5.74) is 2.00. The van der Waals surface area contributed by atoms with E-state index in [1.54, 1.807) is 23.1 Å². The summed E-state index contributed by atoms with van der Waals surface area (Å²) >= 11 is 0. The van der Waals surface area contributed by atoms with E-state index < -0.39 is 10.0 Å². The van der Waals surface area contributed by atoms with Gasteiger partial charge in [0.25, 0.3) is 0 Å². The van der Waals surface area contributed by atoms with Gasteiger partial charge in [-0.15, -0.1) is 0 Å². The van der Waals surface area contributed by atoms with Crippen LogP contribution in [-0.4, -0.2) is 33.7 Å². The van der Waals surface area contributed by atoms with Crippen molar-refractivity contribution in [2.45, 2.75) is 25.7 Å². The third kappa shape index (κ3) is 5.01. The zero-order chi connectivity index (χ0) is 19.3. The highest BCUT2D eigenvalue weighted by Gasteiger charge is 2.23. The van der Waals surface area contributed by atoms with E-state index in [0.717, 1.165) is 18.4 Å². The van der Waals surface area contributed by atoms with Crippen LogP contribution in [0.25, 0.3) is 0 Å². The van der Waals surface area contributed by atoms with Crippen LogP contribution in [0.2, 0.25) is 0 Å². The van der Waals surface area contributed by atoms with Crippen LogP contribution in [0.4, 0.5) is 11.4 Å². The molecule has 1 N–H and O–H groups in total. The fraction of sp³-hybridized carbons (Fsp3) is 0.350. The molecule has 0 atom stereocenters. The first kappa shape index (κ1) is 19.2. The number of nitrogens with zero attached hydrogens (tertiary/aromatic N) is 1. The van der Waals surface area contributed by atoms with Crippen LogP contribution in [0, 0.1) is 0 Å². The van der Waals surface area contributed by atoms with E-state index in [0.29, 0.717) is 36.5 Å². The number of carbonyl (C=O) groups excluding carboxylic acids is 1. The summed E-state index contributed by atoms with van der Waals surface area (Å²) in [6.07, 6.45) is 2.73. The first-order valence-electron chi connectivity index (χ1n) is 9.01. The summed E-state index contributed by atoms with van der Waals surface area (Å²) in [4.78, 5) is 13.9. The molecule has 0 radical (unpaired) electrons. The number of anilines is 2. The highest BCUT2D eigenvalue weighted by molar-refractivity contribution is 7.92. The molecule has 2 aromatic carbocycles. The average Bonchev–Trinajstić information content (AvgIpc) is 2.67. The van der Waals surface area contributed by atoms with E-state index in [1.165, 1.54) is 7.11 Å². The number of amides is 1. The van der Waals surface area contributed by atoms with Gasteiger partial charge in [0, 0.05) is 13.0 Å². The number of benzene rings is 2. The van der Waals surface area contributed by atoms with E-state index in [9.17, 15) is 13.2 Å². The Labute approximate surface area is 160 Å². The number of hydrogen-bond donors (Lipinski definition) is 1. The second kappa shape index (κ2) is 8.43. The van der Waals surface area contributed by atoms with Gasteiger partial charge < -0.3 is 9.64 Å². The molecule has 0 saturated carbocycles. The van der Waals surface area contributed by atoms with Gasteiger partial charge >= 0.3 is 0 Å². The monoisotopic (exact) mass is 388 g/mol. The number of methoxy groups -OCH3 is 1. The first-order chi connectivity index (χ1) is 13.0. The lowest BCUT2D eigenvalue weighted by Gasteiger charge is -2.28. The number of hydrogen-bond acceptors (Lipinski definition) is 4. The van der Waals surface area contributed by atoms with E-state index in [2.05, 4.69) is 4.72 Å². The van der Waals surface area contributed by atoms with Gasteiger partial charge in [-0.05, 0) is 43.0 Å². The van der Waals surface area contributed by atoms with Crippen LogP contribution in [0.5, 0.6) is 5.75 Å². The van der Waals surface area contributed by atoms with Crippen molar-refractivity contribution in [3.8, 4) is 5.75 Å². The molecule has 0 unspecified atom stereocenters. The molecule has 6 nitrogen and oxygen atoms in total. The molecule has 1 aliphatic rings. The van der Waals surface area contributed by atoms with Crippen LogP contribution in [0.3, 0.4) is 0 Å². The minimum atomic E-state index is -3.51. The number of piperidine rings is 1. The summed E-state index contributed by atoms with van der Waals surface area (Å²) in [5, 5.41) is 0. The normalized spacial score (nSPS) is 14.9. The molecule has 0 aromatic heterocycles. The topological polar surface area (TPSA) is 75.7 Å². The Morgan fingerprint density at radius 3 is 2.59 bits per heavy atom. The van der Waals surface area contributed by atoms with Gasteiger partial charge in [-0.25, -0.2) is 8.42 Å². The van der Waals surface area contributed by atoms with E-state index in [1.807, 2.05) is 30.3 Å². The maximum Gasteiger partial charge on any atom is 0.233 e. The fourth-order valence-electron chi connectivity index (χ4n) is 3.15. The van der Waals surface area contributed by atoms with Crippen molar-refractivity contribution in [3.63, 3.8) is 0 Å². The predicted molar refractivity (Wildman–Crippen MR) is 107 cm³/mol. The molecule has 1 heterocycles. The third-order valence-electron chi connectivity index (χ3n) is 4.57. The predicted octanol–water partition coefficient (Wildman–Crippen LogP) is 3.20. The van der Waals surface area contributed by atoms with Gasteiger partial charge in [-0.3, -0.25) is 9.52 Å². The second-order valence-corrected chi connectivity index (χ2v) is 8.39. The third-order valence-corrected chi connectivity index (χ3v) is 5.86. The maximum atomic E-state index is 12.5. The van der Waals surface area contributed by atoms with Crippen molar-refractivity contribution in [2.24, 2.45) is 0 Å². The minimum Gasteiger partial charge on any atom is -0.495 e. The first-order valence-corrected chi connectivity index (χ1v) is 10.7. The van der Waals surface area contributed by atoms with Gasteiger partial charge in [0.1, 0.15) is 5.75 Å². The Morgan fingerprint density at radius 2 is 1.89 bits per heavy atom. The SMILES string of the molecule is COc1ccc(NS(=O)(=O)CCc2ccccc2)cc1N1CCCCC1=O. The van der Waals surface area contributed by atoms with Crippen LogP contribution >= 0.6 is 0 Å². The summed E-state index contributed by atoms with van der Waals surface area (Å²) in [5.74, 6) is 0.571. The van der Waals surface area contributed by atoms with Crippen molar-refractivity contribution in [1.29, 1.82) is 0 Å². The average molecular weight is 388 g/mol. The van der Waals surface area contributed by atoms with Crippen molar-refractivity contribution in [1.82, 2.24) is 0 Å². The molecule has 1 saturated heterocycles. The van der Waals surface area contributed by atoms with Gasteiger partial charge in [-0.2, -0.15) is 0 Å². The second-order valence-electron chi connectivity index (χ2n) is 6.55. The quantitative estimate of drug-likeness (QED) is 0.790.